The summed E-state index contributed by atoms with van der Waals surface area (Å²) in [6.45, 7) is 5.68. The van der Waals surface area contributed by atoms with Crippen molar-refractivity contribution >= 4 is 11.8 Å². The van der Waals surface area contributed by atoms with Gasteiger partial charge in [-0.05, 0) is 32.9 Å². The van der Waals surface area contributed by atoms with E-state index in [1.165, 1.54) is 12.3 Å². The number of rotatable bonds is 6. The number of carbonyl (C=O) groups is 1. The van der Waals surface area contributed by atoms with E-state index < -0.39 is 23.6 Å². The second kappa shape index (κ2) is 9.46. The van der Waals surface area contributed by atoms with Gasteiger partial charge < -0.3 is 19.6 Å². The lowest BCUT2D eigenvalue weighted by molar-refractivity contribution is -0.141. The van der Waals surface area contributed by atoms with E-state index in [0.29, 0.717) is 29.0 Å². The van der Waals surface area contributed by atoms with Gasteiger partial charge in [0.15, 0.2) is 6.10 Å². The number of alkyl halides is 3. The Labute approximate surface area is 183 Å². The zero-order chi connectivity index (χ0) is 23.4. The van der Waals surface area contributed by atoms with E-state index in [9.17, 15) is 18.0 Å². The number of amides is 1. The Hall–Kier alpha value is -3.30. The van der Waals surface area contributed by atoms with Gasteiger partial charge in [0.1, 0.15) is 23.7 Å². The van der Waals surface area contributed by atoms with Crippen LogP contribution in [0.3, 0.4) is 0 Å². The molecular weight excluding hydrogens is 427 g/mol. The molecule has 32 heavy (non-hydrogen) atoms. The van der Waals surface area contributed by atoms with E-state index in [0.717, 1.165) is 6.07 Å². The number of hydrogen-bond donors (Lipinski definition) is 1. The Morgan fingerprint density at radius 3 is 2.59 bits per heavy atom. The van der Waals surface area contributed by atoms with Crippen LogP contribution in [0.25, 0.3) is 11.1 Å². The van der Waals surface area contributed by atoms with Crippen molar-refractivity contribution in [3.63, 3.8) is 0 Å². The van der Waals surface area contributed by atoms with E-state index in [4.69, 9.17) is 14.3 Å². The van der Waals surface area contributed by atoms with Crippen molar-refractivity contribution in [1.82, 2.24) is 10.3 Å². The van der Waals surface area contributed by atoms with Gasteiger partial charge in [0.25, 0.3) is 0 Å². The molecule has 1 atom stereocenters. The number of halogens is 3. The lowest BCUT2D eigenvalue weighted by Crippen LogP contribution is -2.35. The first kappa shape index (κ1) is 23.4. The van der Waals surface area contributed by atoms with Crippen LogP contribution < -0.4 is 10.1 Å². The van der Waals surface area contributed by atoms with Crippen LogP contribution in [0.2, 0.25) is 0 Å². The molecule has 1 aromatic carbocycles. The largest absolute Gasteiger partial charge is 0.489 e. The van der Waals surface area contributed by atoms with Crippen LogP contribution in [-0.2, 0) is 15.8 Å². The molecular formula is C22H24F3N3O4. The standard InChI is InChI=1S/C22H24F3N3O4/c1-21(2,3)31-20(29)27-12-15-10-16(32-28-15)13-30-18-7-5-4-6-17(18)14-8-9-19(26-11-14)22(23,24)25/h4-9,11,16H,10,12-13H2,1-3H3,(H,27,29). The van der Waals surface area contributed by atoms with Crippen LogP contribution in [0, 0.1) is 0 Å². The topological polar surface area (TPSA) is 82.0 Å². The van der Waals surface area contributed by atoms with E-state index >= 15 is 0 Å². The Morgan fingerprint density at radius 2 is 1.94 bits per heavy atom. The summed E-state index contributed by atoms with van der Waals surface area (Å²) in [5, 5.41) is 6.58. The Kier molecular flexibility index (Phi) is 6.90. The number of nitrogens with zero attached hydrogens (tertiary/aromatic N) is 2. The summed E-state index contributed by atoms with van der Waals surface area (Å²) in [6.07, 6.45) is -3.77. The molecule has 0 bridgehead atoms. The third kappa shape index (κ3) is 6.60. The molecule has 1 amide bonds. The van der Waals surface area contributed by atoms with Crippen LogP contribution in [0.4, 0.5) is 18.0 Å². The fraction of sp³-hybridized carbons (Fsp3) is 0.409. The third-order valence-electron chi connectivity index (χ3n) is 4.31. The molecule has 0 radical (unpaired) electrons. The predicted molar refractivity (Wildman–Crippen MR) is 111 cm³/mol. The second-order valence-electron chi connectivity index (χ2n) is 8.18. The molecule has 0 saturated carbocycles. The van der Waals surface area contributed by atoms with Gasteiger partial charge in [-0.25, -0.2) is 4.79 Å². The number of ether oxygens (including phenoxy) is 2. The number of carbonyl (C=O) groups excluding carboxylic acids is 1. The fourth-order valence-corrected chi connectivity index (χ4v) is 2.90. The van der Waals surface area contributed by atoms with Crippen LogP contribution in [0.5, 0.6) is 5.75 Å². The summed E-state index contributed by atoms with van der Waals surface area (Å²) >= 11 is 0. The first-order chi connectivity index (χ1) is 15.0. The Balaban J connectivity index is 1.54. The Bertz CT molecular complexity index is 970. The summed E-state index contributed by atoms with van der Waals surface area (Å²) in [5.74, 6) is 0.484. The molecule has 0 aliphatic carbocycles. The first-order valence-electron chi connectivity index (χ1n) is 9.95. The van der Waals surface area contributed by atoms with Crippen molar-refractivity contribution in [2.45, 2.75) is 45.1 Å². The highest BCUT2D eigenvalue weighted by atomic mass is 19.4. The van der Waals surface area contributed by atoms with E-state index in [1.54, 1.807) is 45.0 Å². The Morgan fingerprint density at radius 1 is 1.19 bits per heavy atom. The number of alkyl carbamates (subject to hydrolysis) is 1. The summed E-state index contributed by atoms with van der Waals surface area (Å²) in [6, 6.07) is 9.27. The molecule has 172 valence electrons. The van der Waals surface area contributed by atoms with Gasteiger partial charge in [0, 0.05) is 23.7 Å². The van der Waals surface area contributed by atoms with E-state index in [1.807, 2.05) is 0 Å². The highest BCUT2D eigenvalue weighted by molar-refractivity contribution is 5.89. The van der Waals surface area contributed by atoms with Gasteiger partial charge in [-0.2, -0.15) is 13.2 Å². The molecule has 0 saturated heterocycles. The van der Waals surface area contributed by atoms with Gasteiger partial charge in [-0.1, -0.05) is 29.4 Å². The monoisotopic (exact) mass is 451 g/mol. The maximum atomic E-state index is 12.8. The zero-order valence-corrected chi connectivity index (χ0v) is 17.9. The number of pyridine rings is 1. The third-order valence-corrected chi connectivity index (χ3v) is 4.31. The minimum atomic E-state index is -4.50. The minimum Gasteiger partial charge on any atom is -0.489 e. The highest BCUT2D eigenvalue weighted by Crippen LogP contribution is 2.32. The van der Waals surface area contributed by atoms with Gasteiger partial charge in [0.05, 0.1) is 12.3 Å². The SMILES string of the molecule is CC(C)(C)OC(=O)NCC1=NOC(COc2ccccc2-c2ccc(C(F)(F)F)nc2)C1. The van der Waals surface area contributed by atoms with E-state index in [-0.39, 0.29) is 19.3 Å². The van der Waals surface area contributed by atoms with Crippen LogP contribution >= 0.6 is 0 Å². The summed E-state index contributed by atoms with van der Waals surface area (Å²) in [7, 11) is 0. The number of benzene rings is 1. The van der Waals surface area contributed by atoms with Crippen molar-refractivity contribution in [2.75, 3.05) is 13.2 Å². The van der Waals surface area contributed by atoms with Crippen molar-refractivity contribution in [3.8, 4) is 16.9 Å². The molecule has 10 heteroatoms. The van der Waals surface area contributed by atoms with Gasteiger partial charge in [-0.3, -0.25) is 4.98 Å². The molecule has 1 aromatic heterocycles. The van der Waals surface area contributed by atoms with Gasteiger partial charge >= 0.3 is 12.3 Å². The fourth-order valence-electron chi connectivity index (χ4n) is 2.90. The number of hydrogen-bond acceptors (Lipinski definition) is 6. The molecule has 1 aliphatic heterocycles. The average molecular weight is 451 g/mol. The van der Waals surface area contributed by atoms with Crippen molar-refractivity contribution in [1.29, 1.82) is 0 Å². The van der Waals surface area contributed by atoms with Crippen molar-refractivity contribution in [3.05, 3.63) is 48.3 Å². The molecule has 1 N–H and O–H groups in total. The van der Waals surface area contributed by atoms with Gasteiger partial charge in [0.2, 0.25) is 0 Å². The van der Waals surface area contributed by atoms with Gasteiger partial charge in [-0.15, -0.1) is 0 Å². The molecule has 1 aliphatic rings. The molecule has 0 spiro atoms. The van der Waals surface area contributed by atoms with E-state index in [2.05, 4.69) is 15.5 Å². The molecule has 7 nitrogen and oxygen atoms in total. The van der Waals surface area contributed by atoms with Crippen molar-refractivity contribution in [2.24, 2.45) is 5.16 Å². The summed E-state index contributed by atoms with van der Waals surface area (Å²) < 4.78 is 49.3. The molecule has 2 aromatic rings. The second-order valence-corrected chi connectivity index (χ2v) is 8.18. The number of oxime groups is 1. The first-order valence-corrected chi connectivity index (χ1v) is 9.95. The maximum absolute atomic E-state index is 12.8. The maximum Gasteiger partial charge on any atom is 0.433 e. The normalized spacial score (nSPS) is 16.2. The minimum absolute atomic E-state index is 0.171. The predicted octanol–water partition coefficient (Wildman–Crippen LogP) is 4.82. The highest BCUT2D eigenvalue weighted by Gasteiger charge is 2.32. The van der Waals surface area contributed by atoms with Crippen LogP contribution in [-0.4, -0.2) is 41.6 Å². The average Bonchev–Trinajstić information content (AvgIpc) is 3.17. The lowest BCUT2D eigenvalue weighted by Gasteiger charge is -2.19. The van der Waals surface area contributed by atoms with Crippen LogP contribution in [0.1, 0.15) is 32.9 Å². The lowest BCUT2D eigenvalue weighted by atomic mass is 10.1. The summed E-state index contributed by atoms with van der Waals surface area (Å²) in [4.78, 5) is 20.6. The smallest absolute Gasteiger partial charge is 0.433 e. The van der Waals surface area contributed by atoms with Crippen molar-refractivity contribution < 1.29 is 32.3 Å². The van der Waals surface area contributed by atoms with Crippen LogP contribution in [0.15, 0.2) is 47.8 Å². The zero-order valence-electron chi connectivity index (χ0n) is 17.9. The molecule has 1 unspecified atom stereocenters. The quantitative estimate of drug-likeness (QED) is 0.681. The number of aromatic nitrogens is 1. The molecule has 3 rings (SSSR count). The number of nitrogens with one attached hydrogen (secondary N) is 1. The number of para-hydroxylation sites is 1. The molecule has 0 fully saturated rings. The summed E-state index contributed by atoms with van der Waals surface area (Å²) in [5.41, 5.74) is 0.206. The molecule has 2 heterocycles.